The second-order valence-corrected chi connectivity index (χ2v) is 2.70. The van der Waals surface area contributed by atoms with Crippen molar-refractivity contribution in [2.45, 2.75) is 39.4 Å². The number of hydrogen-bond acceptors (Lipinski definition) is 5. The molecule has 0 bridgehead atoms. The lowest BCUT2D eigenvalue weighted by Gasteiger charge is -2.03. The summed E-state index contributed by atoms with van der Waals surface area (Å²) in [5, 5.41) is 7.85. The number of carbonyl (C=O) groups excluding carboxylic acids is 1. The number of hydrogen-bond donors (Lipinski definition) is 1. The van der Waals surface area contributed by atoms with Crippen LogP contribution in [0.2, 0.25) is 0 Å². The molecule has 8 heteroatoms. The fourth-order valence-electron chi connectivity index (χ4n) is 0.576. The van der Waals surface area contributed by atoms with Crippen LogP contribution in [0.4, 0.5) is 18.4 Å². The molecule has 102 valence electrons. The van der Waals surface area contributed by atoms with Gasteiger partial charge in [0.15, 0.2) is 0 Å². The summed E-state index contributed by atoms with van der Waals surface area (Å²) >= 11 is 0. The van der Waals surface area contributed by atoms with E-state index < -0.39 is 25.0 Å². The molecule has 17 heavy (non-hydrogen) atoms. The molecule has 0 spiro atoms. The summed E-state index contributed by atoms with van der Waals surface area (Å²) in [6.45, 7) is 2.84. The van der Waals surface area contributed by atoms with Crippen molar-refractivity contribution in [3.8, 4) is 0 Å². The van der Waals surface area contributed by atoms with Gasteiger partial charge in [-0.1, -0.05) is 6.92 Å². The Balaban J connectivity index is 0. The molecule has 0 radical (unpaired) electrons. The van der Waals surface area contributed by atoms with Gasteiger partial charge in [0, 0.05) is 13.3 Å². The number of methoxy groups -OCH3 is 1. The van der Waals surface area contributed by atoms with Crippen LogP contribution in [0.5, 0.6) is 0 Å². The maximum atomic E-state index is 12.1. The first-order valence-electron chi connectivity index (χ1n) is 4.75. The van der Waals surface area contributed by atoms with Crippen LogP contribution in [0.25, 0.3) is 0 Å². The molecule has 0 saturated carbocycles. The monoisotopic (exact) mass is 258 g/mol. The summed E-state index contributed by atoms with van der Waals surface area (Å²) in [5.74, 6) is 0. The lowest BCUT2D eigenvalue weighted by molar-refractivity contribution is -0.0193. The maximum absolute atomic E-state index is 12.1. The molecule has 0 aliphatic carbocycles. The Morgan fingerprint density at radius 1 is 1.29 bits per heavy atom. The minimum Gasteiger partial charge on any atom is -0.450 e. The van der Waals surface area contributed by atoms with Crippen molar-refractivity contribution in [2.75, 3.05) is 7.11 Å². The molecule has 2 atom stereocenters. The van der Waals surface area contributed by atoms with Crippen LogP contribution < -0.4 is 0 Å². The normalized spacial score (nSPS) is 12.5. The first kappa shape index (κ1) is 17.8. The molecule has 0 fully saturated rings. The van der Waals surface area contributed by atoms with E-state index in [9.17, 15) is 18.4 Å². The number of rotatable bonds is 4. The first-order chi connectivity index (χ1) is 7.83. The van der Waals surface area contributed by atoms with E-state index in [0.717, 1.165) is 14.0 Å². The van der Waals surface area contributed by atoms with Crippen LogP contribution in [0.1, 0.15) is 26.7 Å². The van der Waals surface area contributed by atoms with Crippen molar-refractivity contribution in [3.63, 3.8) is 0 Å². The van der Waals surface area contributed by atoms with E-state index in [-0.39, 0.29) is 6.42 Å². The zero-order chi connectivity index (χ0) is 13.8. The van der Waals surface area contributed by atoms with E-state index in [4.69, 9.17) is 5.11 Å². The van der Waals surface area contributed by atoms with E-state index in [2.05, 4.69) is 14.2 Å². The molecule has 1 N–H and O–H groups in total. The Morgan fingerprint density at radius 2 is 1.82 bits per heavy atom. The highest BCUT2D eigenvalue weighted by atomic mass is 19.1. The number of ether oxygens (including phenoxy) is 3. The Morgan fingerprint density at radius 3 is 2.06 bits per heavy atom. The van der Waals surface area contributed by atoms with Crippen molar-refractivity contribution >= 4 is 12.3 Å². The van der Waals surface area contributed by atoms with Crippen molar-refractivity contribution < 1.29 is 37.7 Å². The van der Waals surface area contributed by atoms with E-state index >= 15 is 0 Å². The van der Waals surface area contributed by atoms with Gasteiger partial charge in [0.25, 0.3) is 0 Å². The Hall–Kier alpha value is -1.60. The average Bonchev–Trinajstić information content (AvgIpc) is 2.16. The van der Waals surface area contributed by atoms with E-state index in [1.54, 1.807) is 6.92 Å². The Labute approximate surface area is 97.5 Å². The predicted molar refractivity (Wildman–Crippen MR) is 53.0 cm³/mol. The maximum Gasteiger partial charge on any atom is 0.510 e. The van der Waals surface area contributed by atoms with Crippen molar-refractivity contribution in [1.29, 1.82) is 0 Å². The quantitative estimate of drug-likeness (QED) is 0.781. The van der Waals surface area contributed by atoms with Gasteiger partial charge in [0.05, 0.1) is 7.11 Å². The number of carboxylic acid groups (broad SMARTS) is 1. The Kier molecular flexibility index (Phi) is 11.4. The third-order valence-corrected chi connectivity index (χ3v) is 1.17. The molecule has 2 unspecified atom stereocenters. The molecule has 0 heterocycles. The van der Waals surface area contributed by atoms with Gasteiger partial charge >= 0.3 is 12.3 Å². The number of carbonyl (C=O) groups is 2. The molecular weight excluding hydrogens is 242 g/mol. The zero-order valence-corrected chi connectivity index (χ0v) is 9.81. The first-order valence-corrected chi connectivity index (χ1v) is 4.75. The molecule has 0 amide bonds. The lowest BCUT2D eigenvalue weighted by Crippen LogP contribution is -2.10. The summed E-state index contributed by atoms with van der Waals surface area (Å²) in [4.78, 5) is 19.6. The van der Waals surface area contributed by atoms with Crippen LogP contribution in [0, 0.1) is 0 Å². The highest BCUT2D eigenvalue weighted by Crippen LogP contribution is 2.02. The fraction of sp³-hybridized carbons (Fsp3) is 0.778. The average molecular weight is 258 g/mol. The lowest BCUT2D eigenvalue weighted by atomic mass is 10.3. The van der Waals surface area contributed by atoms with Crippen LogP contribution in [0.15, 0.2) is 0 Å². The van der Waals surface area contributed by atoms with Gasteiger partial charge < -0.3 is 19.3 Å². The van der Waals surface area contributed by atoms with Gasteiger partial charge in [0.1, 0.15) is 0 Å². The minimum absolute atomic E-state index is 0.131. The molecule has 0 aromatic heterocycles. The van der Waals surface area contributed by atoms with Crippen LogP contribution in [-0.4, -0.2) is 37.2 Å². The summed E-state index contributed by atoms with van der Waals surface area (Å²) in [6.07, 6.45) is -5.10. The topological polar surface area (TPSA) is 82.1 Å². The molecule has 0 saturated heterocycles. The van der Waals surface area contributed by atoms with Crippen LogP contribution in [0.3, 0.4) is 0 Å². The molecule has 0 aromatic rings. The molecule has 6 nitrogen and oxygen atoms in total. The zero-order valence-electron chi connectivity index (χ0n) is 9.81. The molecule has 0 aromatic carbocycles. The van der Waals surface area contributed by atoms with E-state index in [0.29, 0.717) is 6.42 Å². The van der Waals surface area contributed by atoms with Crippen molar-refractivity contribution in [2.24, 2.45) is 0 Å². The number of halogens is 2. The largest absolute Gasteiger partial charge is 0.510 e. The second-order valence-electron chi connectivity index (χ2n) is 2.70. The Bertz CT molecular complexity index is 222. The van der Waals surface area contributed by atoms with Crippen molar-refractivity contribution in [3.05, 3.63) is 0 Å². The van der Waals surface area contributed by atoms with E-state index in [1.807, 2.05) is 0 Å². The summed E-state index contributed by atoms with van der Waals surface area (Å²) < 4.78 is 35.2. The highest BCUT2D eigenvalue weighted by molar-refractivity contribution is 5.59. The van der Waals surface area contributed by atoms with Gasteiger partial charge in [-0.05, 0) is 6.42 Å². The summed E-state index contributed by atoms with van der Waals surface area (Å²) in [6, 6.07) is 0. The molecular formula is C9H16F2O6. The molecule has 0 rings (SSSR count). The van der Waals surface area contributed by atoms with Gasteiger partial charge in [-0.15, -0.1) is 0 Å². The van der Waals surface area contributed by atoms with Crippen molar-refractivity contribution in [1.82, 2.24) is 0 Å². The van der Waals surface area contributed by atoms with Crippen LogP contribution in [-0.2, 0) is 14.2 Å². The fourth-order valence-corrected chi connectivity index (χ4v) is 0.576. The molecule has 0 aliphatic rings. The van der Waals surface area contributed by atoms with Gasteiger partial charge in [0.2, 0.25) is 12.7 Å². The van der Waals surface area contributed by atoms with Crippen LogP contribution >= 0.6 is 0 Å². The minimum atomic E-state index is -1.66. The standard InChI is InChI=1S/C5H9FO3.C4H7FO3/c1-2-3-4(6)9-5(7)8;1-3(5)8-4(6)7-2/h4H,2-3H2,1H3,(H,7,8);3H,1-2H3. The summed E-state index contributed by atoms with van der Waals surface area (Å²) in [5.41, 5.74) is 0. The predicted octanol–water partition coefficient (Wildman–Crippen LogP) is 2.86. The summed E-state index contributed by atoms with van der Waals surface area (Å²) in [7, 11) is 1.12. The van der Waals surface area contributed by atoms with Gasteiger partial charge in [-0.25, -0.2) is 18.4 Å². The highest BCUT2D eigenvalue weighted by Gasteiger charge is 2.08. The molecule has 0 aliphatic heterocycles. The van der Waals surface area contributed by atoms with E-state index in [1.165, 1.54) is 0 Å². The third-order valence-electron chi connectivity index (χ3n) is 1.17. The number of alkyl halides is 2. The van der Waals surface area contributed by atoms with Gasteiger partial charge in [-0.2, -0.15) is 0 Å². The third kappa shape index (κ3) is 17.0. The SMILES string of the molecule is CCCC(F)OC(=O)O.COC(=O)OC(C)F. The van der Waals surface area contributed by atoms with Gasteiger partial charge in [-0.3, -0.25) is 0 Å². The second kappa shape index (κ2) is 10.9. The smallest absolute Gasteiger partial charge is 0.450 e.